The van der Waals surface area contributed by atoms with E-state index >= 15 is 0 Å². The first-order valence-corrected chi connectivity index (χ1v) is 25.7. The van der Waals surface area contributed by atoms with Crippen LogP contribution in [0.5, 0.6) is 0 Å². The van der Waals surface area contributed by atoms with Crippen molar-refractivity contribution >= 4 is 25.7 Å². The highest BCUT2D eigenvalue weighted by atomic mass is 31.2. The highest BCUT2D eigenvalue weighted by Gasteiger charge is 2.28. The summed E-state index contributed by atoms with van der Waals surface area (Å²) >= 11 is 0. The van der Waals surface area contributed by atoms with E-state index < -0.39 is 57.8 Å². The van der Waals surface area contributed by atoms with E-state index in [1.807, 2.05) is 0 Å². The molecular formula is C48H89O11P. The van der Waals surface area contributed by atoms with Crippen molar-refractivity contribution in [3.63, 3.8) is 0 Å². The summed E-state index contributed by atoms with van der Waals surface area (Å²) in [6, 6.07) is 0. The third-order valence-corrected chi connectivity index (χ3v) is 11.3. The molecule has 0 rings (SSSR count). The van der Waals surface area contributed by atoms with Gasteiger partial charge in [0, 0.05) is 19.3 Å². The van der Waals surface area contributed by atoms with Gasteiger partial charge in [0.15, 0.2) is 6.10 Å². The molecule has 0 aromatic carbocycles. The summed E-state index contributed by atoms with van der Waals surface area (Å²) in [5.41, 5.74) is 0. The van der Waals surface area contributed by atoms with Crippen molar-refractivity contribution < 1.29 is 52.2 Å². The van der Waals surface area contributed by atoms with Crippen LogP contribution in [0, 0.1) is 0 Å². The normalized spacial score (nSPS) is 13.8. The lowest BCUT2D eigenvalue weighted by molar-refractivity contribution is -0.161. The molecule has 12 heteroatoms. The smallest absolute Gasteiger partial charge is 0.462 e. The second-order valence-electron chi connectivity index (χ2n) is 16.3. The Balaban J connectivity index is 4.73. The number of carbonyl (C=O) groups is 3. The van der Waals surface area contributed by atoms with Gasteiger partial charge in [0.25, 0.3) is 0 Å². The molecule has 0 aromatic rings. The Labute approximate surface area is 366 Å². The Morgan fingerprint density at radius 1 is 0.467 bits per heavy atom. The maximum Gasteiger partial charge on any atom is 0.472 e. The molecule has 0 spiro atoms. The van der Waals surface area contributed by atoms with Gasteiger partial charge in [0.05, 0.1) is 19.8 Å². The summed E-state index contributed by atoms with van der Waals surface area (Å²) in [6.07, 6.45) is 38.7. The van der Waals surface area contributed by atoms with Crippen LogP contribution >= 0.6 is 7.82 Å². The number of hydrogen-bond donors (Lipinski definition) is 2. The molecule has 0 aromatic heterocycles. The largest absolute Gasteiger partial charge is 0.472 e. The fourth-order valence-electron chi connectivity index (χ4n) is 6.63. The molecule has 60 heavy (non-hydrogen) atoms. The van der Waals surface area contributed by atoms with Crippen molar-refractivity contribution in [1.82, 2.24) is 0 Å². The highest BCUT2D eigenvalue weighted by molar-refractivity contribution is 7.47. The molecule has 0 aliphatic heterocycles. The first-order chi connectivity index (χ1) is 29.2. The van der Waals surface area contributed by atoms with Gasteiger partial charge in [-0.1, -0.05) is 186 Å². The second kappa shape index (κ2) is 43.6. The summed E-state index contributed by atoms with van der Waals surface area (Å²) < 4.78 is 39.2. The summed E-state index contributed by atoms with van der Waals surface area (Å²) in [7, 11) is -4.73. The minimum atomic E-state index is -4.73. The predicted molar refractivity (Wildman–Crippen MR) is 243 cm³/mol. The van der Waals surface area contributed by atoms with Crippen molar-refractivity contribution in [2.24, 2.45) is 0 Å². The van der Waals surface area contributed by atoms with Gasteiger partial charge in [-0.2, -0.15) is 0 Å². The lowest BCUT2D eigenvalue weighted by atomic mass is 10.1. The first-order valence-electron chi connectivity index (χ1n) is 24.2. The monoisotopic (exact) mass is 873 g/mol. The topological polar surface area (TPSA) is 155 Å². The van der Waals surface area contributed by atoms with Gasteiger partial charge in [-0.25, -0.2) is 4.57 Å². The first kappa shape index (κ1) is 58.0. The lowest BCUT2D eigenvalue weighted by Crippen LogP contribution is -2.30. The average Bonchev–Trinajstić information content (AvgIpc) is 3.23. The molecule has 0 bridgehead atoms. The molecule has 3 atom stereocenters. The predicted octanol–water partition coefficient (Wildman–Crippen LogP) is 13.1. The van der Waals surface area contributed by atoms with E-state index in [-0.39, 0.29) is 25.9 Å². The molecule has 0 fully saturated rings. The van der Waals surface area contributed by atoms with Crippen LogP contribution in [0.25, 0.3) is 0 Å². The van der Waals surface area contributed by atoms with Gasteiger partial charge in [-0.3, -0.25) is 23.4 Å². The van der Waals surface area contributed by atoms with Gasteiger partial charge >= 0.3 is 25.7 Å². The van der Waals surface area contributed by atoms with Gasteiger partial charge in [0.1, 0.15) is 12.7 Å². The van der Waals surface area contributed by atoms with Crippen molar-refractivity contribution in [3.05, 3.63) is 24.3 Å². The maximum absolute atomic E-state index is 12.8. The maximum atomic E-state index is 12.8. The van der Waals surface area contributed by atoms with Gasteiger partial charge in [0.2, 0.25) is 0 Å². The molecule has 0 aliphatic carbocycles. The Kier molecular flexibility index (Phi) is 42.1. The minimum Gasteiger partial charge on any atom is -0.462 e. The summed E-state index contributed by atoms with van der Waals surface area (Å²) in [5.74, 6) is -1.47. The zero-order chi connectivity index (χ0) is 44.2. The zero-order valence-electron chi connectivity index (χ0n) is 38.4. The molecule has 3 unspecified atom stereocenters. The van der Waals surface area contributed by atoms with Crippen LogP contribution in [0.3, 0.4) is 0 Å². The van der Waals surface area contributed by atoms with E-state index in [1.165, 1.54) is 83.5 Å². The Morgan fingerprint density at radius 2 is 0.850 bits per heavy atom. The van der Waals surface area contributed by atoms with Crippen molar-refractivity contribution in [2.75, 3.05) is 26.4 Å². The van der Waals surface area contributed by atoms with Crippen LogP contribution in [-0.4, -0.2) is 66.5 Å². The number of hydrogen-bond acceptors (Lipinski definition) is 10. The molecule has 0 aliphatic rings. The Hall–Kier alpha value is -2.04. The number of phosphoric acid groups is 1. The molecule has 352 valence electrons. The number of phosphoric ester groups is 1. The molecule has 2 N–H and O–H groups in total. The minimum absolute atomic E-state index is 0.156. The molecule has 0 amide bonds. The van der Waals surface area contributed by atoms with Crippen LogP contribution in [0.15, 0.2) is 24.3 Å². The van der Waals surface area contributed by atoms with Gasteiger partial charge in [-0.15, -0.1) is 0 Å². The molecule has 0 saturated carbocycles. The molecule has 0 radical (unpaired) electrons. The van der Waals surface area contributed by atoms with E-state index in [4.69, 9.17) is 23.3 Å². The molecule has 0 heterocycles. The third-order valence-electron chi connectivity index (χ3n) is 10.4. The zero-order valence-corrected chi connectivity index (χ0v) is 39.3. The number of ether oxygens (including phenoxy) is 3. The number of esters is 3. The SMILES string of the molecule is CCC/C=C\C/C=C\CCCCCCCC(=O)OC(COC(=O)CCCCCCCCCCC)COP(=O)(O)OCC(CO)OC(=O)CCCCCCCCCCCCC. The van der Waals surface area contributed by atoms with Crippen molar-refractivity contribution in [1.29, 1.82) is 0 Å². The van der Waals surface area contributed by atoms with Gasteiger partial charge < -0.3 is 24.2 Å². The van der Waals surface area contributed by atoms with Crippen LogP contribution in [-0.2, 0) is 42.2 Å². The number of rotatable bonds is 45. The van der Waals surface area contributed by atoms with Crippen molar-refractivity contribution in [2.45, 2.75) is 238 Å². The molecular weight excluding hydrogens is 783 g/mol. The highest BCUT2D eigenvalue weighted by Crippen LogP contribution is 2.43. The number of aliphatic hydroxyl groups is 1. The second-order valence-corrected chi connectivity index (χ2v) is 17.7. The van der Waals surface area contributed by atoms with Crippen molar-refractivity contribution in [3.8, 4) is 0 Å². The van der Waals surface area contributed by atoms with E-state index in [2.05, 4.69) is 45.1 Å². The quantitative estimate of drug-likeness (QED) is 0.0197. The average molecular weight is 873 g/mol. The number of aliphatic hydroxyl groups excluding tert-OH is 1. The van der Waals surface area contributed by atoms with E-state index in [0.29, 0.717) is 19.3 Å². The third kappa shape index (κ3) is 41.3. The number of allylic oxidation sites excluding steroid dienone is 4. The van der Waals surface area contributed by atoms with E-state index in [0.717, 1.165) is 83.5 Å². The van der Waals surface area contributed by atoms with Crippen LogP contribution in [0.2, 0.25) is 0 Å². The van der Waals surface area contributed by atoms with E-state index in [1.54, 1.807) is 0 Å². The van der Waals surface area contributed by atoms with E-state index in [9.17, 15) is 28.9 Å². The number of unbranched alkanes of at least 4 members (excludes halogenated alkanes) is 24. The lowest BCUT2D eigenvalue weighted by Gasteiger charge is -2.21. The van der Waals surface area contributed by atoms with Crippen LogP contribution in [0.4, 0.5) is 0 Å². The fraction of sp³-hybridized carbons (Fsp3) is 0.854. The Morgan fingerprint density at radius 3 is 1.30 bits per heavy atom. The molecule has 11 nitrogen and oxygen atoms in total. The summed E-state index contributed by atoms with van der Waals surface area (Å²) in [5, 5.41) is 9.73. The fourth-order valence-corrected chi connectivity index (χ4v) is 7.41. The standard InChI is InChI=1S/C48H89O11P/c1-4-7-10-13-16-19-21-22-24-27-30-33-36-39-48(52)59-45(41-55-46(50)37-34-31-28-25-18-15-12-9-6-3)43-57-60(53,54)56-42-44(40-49)58-47(51)38-35-32-29-26-23-20-17-14-11-8-5-2/h10,13,19,21,44-45,49H,4-9,11-12,14-18,20,22-43H2,1-3H3,(H,53,54)/b13-10-,21-19-. The summed E-state index contributed by atoms with van der Waals surface area (Å²) in [4.78, 5) is 48.0. The number of carbonyl (C=O) groups excluding carboxylic acids is 3. The Bertz CT molecular complexity index is 1110. The summed E-state index contributed by atoms with van der Waals surface area (Å²) in [6.45, 7) is 4.52. The van der Waals surface area contributed by atoms with Crippen LogP contribution < -0.4 is 0 Å². The van der Waals surface area contributed by atoms with Gasteiger partial charge in [-0.05, 0) is 44.9 Å². The molecule has 0 saturated heterocycles. The van der Waals surface area contributed by atoms with Crippen LogP contribution in [0.1, 0.15) is 226 Å².